The number of carboxylic acids is 1. The van der Waals surface area contributed by atoms with Gasteiger partial charge in [-0.1, -0.05) is 71.3 Å². The molecule has 3 nitrogen and oxygen atoms in total. The Morgan fingerprint density at radius 1 is 0.944 bits per heavy atom. The van der Waals surface area contributed by atoms with E-state index in [0.717, 1.165) is 13.0 Å². The van der Waals surface area contributed by atoms with Gasteiger partial charge in [-0.15, -0.1) is 0 Å². The minimum atomic E-state index is -0.956. The summed E-state index contributed by atoms with van der Waals surface area (Å²) in [6.45, 7) is 6.39. The fraction of sp³-hybridized carbons (Fsp3) is 0.800. The van der Waals surface area contributed by atoms with Crippen LogP contribution in [0.4, 0.5) is 0 Å². The molecule has 3 heteroatoms. The van der Waals surface area contributed by atoms with Crippen molar-refractivity contribution in [2.24, 2.45) is 0 Å². The van der Waals surface area contributed by atoms with E-state index < -0.39 is 5.97 Å². The van der Waals surface area contributed by atoms with Crippen LogP contribution in [0.15, 0.2) is 12.3 Å². The summed E-state index contributed by atoms with van der Waals surface area (Å²) in [5.41, 5.74) is 0.103. The molecule has 0 saturated heterocycles. The number of nitrogens with one attached hydrogen (secondary N) is 1. The highest BCUT2D eigenvalue weighted by atomic mass is 16.4. The molecular formula is C15H29NO2. The third-order valence-corrected chi connectivity index (χ3v) is 3.13. The summed E-state index contributed by atoms with van der Waals surface area (Å²) in [6.07, 6.45) is 12.9. The average molecular weight is 255 g/mol. The molecule has 0 aliphatic heterocycles. The van der Waals surface area contributed by atoms with Crippen LogP contribution in [-0.2, 0) is 4.79 Å². The van der Waals surface area contributed by atoms with Gasteiger partial charge in [0.2, 0.25) is 0 Å². The molecule has 0 amide bonds. The van der Waals surface area contributed by atoms with Crippen molar-refractivity contribution < 1.29 is 9.90 Å². The van der Waals surface area contributed by atoms with Crippen LogP contribution in [0.5, 0.6) is 0 Å². The number of carbonyl (C=O) groups is 1. The zero-order valence-corrected chi connectivity index (χ0v) is 11.8. The quantitative estimate of drug-likeness (QED) is 0.385. The van der Waals surface area contributed by atoms with E-state index in [1.807, 2.05) is 0 Å². The van der Waals surface area contributed by atoms with E-state index in [1.54, 1.807) is 0 Å². The van der Waals surface area contributed by atoms with Gasteiger partial charge in [0.25, 0.3) is 0 Å². The molecule has 0 radical (unpaired) electrons. The lowest BCUT2D eigenvalue weighted by atomic mass is 10.1. The zero-order chi connectivity index (χ0) is 13.6. The number of unbranched alkanes of at least 4 members (excludes halogenated alkanes) is 9. The lowest BCUT2D eigenvalue weighted by Crippen LogP contribution is -2.20. The van der Waals surface area contributed by atoms with Crippen LogP contribution in [0, 0.1) is 0 Å². The molecular weight excluding hydrogens is 226 g/mol. The Labute approximate surface area is 112 Å². The van der Waals surface area contributed by atoms with E-state index in [0.29, 0.717) is 0 Å². The minimum absolute atomic E-state index is 0.103. The average Bonchev–Trinajstić information content (AvgIpc) is 2.35. The van der Waals surface area contributed by atoms with Crippen LogP contribution in [0.2, 0.25) is 0 Å². The summed E-state index contributed by atoms with van der Waals surface area (Å²) in [6, 6.07) is 0. The first-order chi connectivity index (χ1) is 8.68. The Morgan fingerprint density at radius 3 is 1.83 bits per heavy atom. The lowest BCUT2D eigenvalue weighted by Gasteiger charge is -2.05. The molecule has 18 heavy (non-hydrogen) atoms. The Kier molecular flexibility index (Phi) is 11.8. The molecule has 2 N–H and O–H groups in total. The fourth-order valence-corrected chi connectivity index (χ4v) is 1.93. The molecule has 0 saturated carbocycles. The van der Waals surface area contributed by atoms with Crippen LogP contribution >= 0.6 is 0 Å². The van der Waals surface area contributed by atoms with Gasteiger partial charge in [0.1, 0.15) is 5.70 Å². The summed E-state index contributed by atoms with van der Waals surface area (Å²) in [7, 11) is 0. The summed E-state index contributed by atoms with van der Waals surface area (Å²) < 4.78 is 0. The van der Waals surface area contributed by atoms with E-state index >= 15 is 0 Å². The summed E-state index contributed by atoms with van der Waals surface area (Å²) in [5, 5.41) is 11.4. The van der Waals surface area contributed by atoms with Gasteiger partial charge >= 0.3 is 5.97 Å². The van der Waals surface area contributed by atoms with E-state index in [4.69, 9.17) is 5.11 Å². The second-order valence-electron chi connectivity index (χ2n) is 4.89. The van der Waals surface area contributed by atoms with Gasteiger partial charge in [0, 0.05) is 6.54 Å². The highest BCUT2D eigenvalue weighted by Crippen LogP contribution is 2.10. The zero-order valence-electron chi connectivity index (χ0n) is 11.8. The summed E-state index contributed by atoms with van der Waals surface area (Å²) in [4.78, 5) is 10.5. The second kappa shape index (κ2) is 12.5. The third kappa shape index (κ3) is 11.5. The van der Waals surface area contributed by atoms with E-state index in [1.165, 1.54) is 57.8 Å². The fourth-order valence-electron chi connectivity index (χ4n) is 1.93. The van der Waals surface area contributed by atoms with Crippen molar-refractivity contribution in [3.63, 3.8) is 0 Å². The van der Waals surface area contributed by atoms with Gasteiger partial charge in [-0.3, -0.25) is 0 Å². The highest BCUT2D eigenvalue weighted by molar-refractivity contribution is 5.84. The number of hydrogen-bond donors (Lipinski definition) is 2. The van der Waals surface area contributed by atoms with E-state index in [-0.39, 0.29) is 5.70 Å². The van der Waals surface area contributed by atoms with Crippen molar-refractivity contribution in [3.05, 3.63) is 12.3 Å². The molecule has 0 aromatic heterocycles. The van der Waals surface area contributed by atoms with Crippen LogP contribution in [0.3, 0.4) is 0 Å². The summed E-state index contributed by atoms with van der Waals surface area (Å²) in [5.74, 6) is -0.956. The topological polar surface area (TPSA) is 49.3 Å². The number of hydrogen-bond acceptors (Lipinski definition) is 2. The number of rotatable bonds is 13. The van der Waals surface area contributed by atoms with Crippen molar-refractivity contribution in [3.8, 4) is 0 Å². The first-order valence-electron chi connectivity index (χ1n) is 7.34. The van der Waals surface area contributed by atoms with Crippen molar-refractivity contribution in [1.29, 1.82) is 0 Å². The van der Waals surface area contributed by atoms with Crippen LogP contribution in [0.1, 0.15) is 71.1 Å². The summed E-state index contributed by atoms with van der Waals surface area (Å²) >= 11 is 0. The van der Waals surface area contributed by atoms with Crippen LogP contribution in [0.25, 0.3) is 0 Å². The van der Waals surface area contributed by atoms with Gasteiger partial charge in [0.05, 0.1) is 0 Å². The Morgan fingerprint density at radius 2 is 1.39 bits per heavy atom. The normalized spacial score (nSPS) is 10.3. The van der Waals surface area contributed by atoms with Gasteiger partial charge in [0.15, 0.2) is 0 Å². The molecule has 0 unspecified atom stereocenters. The molecule has 0 aromatic rings. The van der Waals surface area contributed by atoms with Crippen molar-refractivity contribution in [1.82, 2.24) is 5.32 Å². The maximum absolute atomic E-state index is 10.5. The Balaban J connectivity index is 3.07. The Hall–Kier alpha value is -0.990. The van der Waals surface area contributed by atoms with Crippen molar-refractivity contribution in [2.75, 3.05) is 6.54 Å². The SMILES string of the molecule is C=C(NCCCCCCCCCCCC)C(=O)O. The largest absolute Gasteiger partial charge is 0.477 e. The van der Waals surface area contributed by atoms with Crippen LogP contribution in [-0.4, -0.2) is 17.6 Å². The Bertz CT molecular complexity index is 227. The molecule has 106 valence electrons. The molecule has 0 bridgehead atoms. The minimum Gasteiger partial charge on any atom is -0.477 e. The maximum atomic E-state index is 10.5. The van der Waals surface area contributed by atoms with Gasteiger partial charge in [-0.25, -0.2) is 4.79 Å². The lowest BCUT2D eigenvalue weighted by molar-refractivity contribution is -0.133. The first-order valence-corrected chi connectivity index (χ1v) is 7.34. The van der Waals surface area contributed by atoms with E-state index in [9.17, 15) is 4.79 Å². The molecule has 0 fully saturated rings. The smallest absolute Gasteiger partial charge is 0.351 e. The highest BCUT2D eigenvalue weighted by Gasteiger charge is 2.00. The third-order valence-electron chi connectivity index (χ3n) is 3.13. The van der Waals surface area contributed by atoms with Crippen molar-refractivity contribution in [2.45, 2.75) is 71.1 Å². The molecule has 0 aliphatic carbocycles. The molecule has 0 heterocycles. The molecule has 0 spiro atoms. The molecule has 0 atom stereocenters. The van der Waals surface area contributed by atoms with Crippen molar-refractivity contribution >= 4 is 5.97 Å². The predicted octanol–water partition coefficient (Wildman–Crippen LogP) is 4.10. The number of aliphatic carboxylic acids is 1. The second-order valence-corrected chi connectivity index (χ2v) is 4.89. The number of carboxylic acid groups (broad SMARTS) is 1. The molecule has 0 rings (SSSR count). The monoisotopic (exact) mass is 255 g/mol. The molecule has 0 aliphatic rings. The molecule has 0 aromatic carbocycles. The van der Waals surface area contributed by atoms with E-state index in [2.05, 4.69) is 18.8 Å². The standard InChI is InChI=1S/C15H29NO2/c1-3-4-5-6-7-8-9-10-11-12-13-16-14(2)15(17)18/h16H,2-13H2,1H3,(H,17,18). The first kappa shape index (κ1) is 17.0. The van der Waals surface area contributed by atoms with Gasteiger partial charge in [-0.05, 0) is 6.42 Å². The van der Waals surface area contributed by atoms with Crippen LogP contribution < -0.4 is 5.32 Å². The van der Waals surface area contributed by atoms with Gasteiger partial charge < -0.3 is 10.4 Å². The predicted molar refractivity (Wildman–Crippen MR) is 76.6 cm³/mol. The van der Waals surface area contributed by atoms with Gasteiger partial charge in [-0.2, -0.15) is 0 Å². The maximum Gasteiger partial charge on any atom is 0.351 e.